The Kier molecular flexibility index (Phi) is 7.53. The molecule has 1 fully saturated rings. The van der Waals surface area contributed by atoms with Crippen LogP contribution in [0.5, 0.6) is 0 Å². The smallest absolute Gasteiger partial charge is 0.294 e. The maximum atomic E-state index is 12.5. The van der Waals surface area contributed by atoms with Gasteiger partial charge in [-0.25, -0.2) is 0 Å². The number of piperidine rings is 1. The second kappa shape index (κ2) is 9.92. The van der Waals surface area contributed by atoms with Crippen molar-refractivity contribution in [3.8, 4) is 0 Å². The van der Waals surface area contributed by atoms with Gasteiger partial charge in [0.25, 0.3) is 11.6 Å². The van der Waals surface area contributed by atoms with E-state index in [2.05, 4.69) is 10.3 Å². The van der Waals surface area contributed by atoms with Crippen LogP contribution >= 0.6 is 46.3 Å². The summed E-state index contributed by atoms with van der Waals surface area (Å²) in [5, 5.41) is 24.0. The summed E-state index contributed by atoms with van der Waals surface area (Å²) in [4.78, 5) is 41.3. The number of hydrogen-bond acceptors (Lipinski definition) is 8. The van der Waals surface area contributed by atoms with Gasteiger partial charge in [-0.1, -0.05) is 35.0 Å². The molecule has 0 aromatic carbocycles. The van der Waals surface area contributed by atoms with Crippen LogP contribution in [0.3, 0.4) is 0 Å². The first-order valence-electron chi connectivity index (χ1n) is 8.75. The highest BCUT2D eigenvalue weighted by atomic mass is 35.5. The molecule has 0 bridgehead atoms. The summed E-state index contributed by atoms with van der Waals surface area (Å²) >= 11 is 14.0. The van der Waals surface area contributed by atoms with Gasteiger partial charge in [0, 0.05) is 31.5 Å². The molecule has 2 amide bonds. The minimum absolute atomic E-state index is 0.0805. The Bertz CT molecular complexity index is 967. The predicted molar refractivity (Wildman–Crippen MR) is 114 cm³/mol. The Morgan fingerprint density at radius 3 is 2.73 bits per heavy atom. The topological polar surface area (TPSA) is 126 Å². The second-order valence-electron chi connectivity index (χ2n) is 6.39. The fourth-order valence-electron chi connectivity index (χ4n) is 2.80. The number of nitro groups is 1. The van der Waals surface area contributed by atoms with Gasteiger partial charge in [-0.15, -0.1) is 11.3 Å². The molecule has 3 rings (SSSR count). The Morgan fingerprint density at radius 1 is 1.40 bits per heavy atom. The van der Waals surface area contributed by atoms with E-state index >= 15 is 0 Å². The van der Waals surface area contributed by atoms with E-state index in [1.807, 2.05) is 0 Å². The van der Waals surface area contributed by atoms with Gasteiger partial charge in [0.05, 0.1) is 32.5 Å². The number of likely N-dealkylation sites (tertiary alicyclic amines) is 1. The van der Waals surface area contributed by atoms with E-state index in [-0.39, 0.29) is 43.8 Å². The third kappa shape index (κ3) is 5.41. The third-order valence-electron chi connectivity index (χ3n) is 4.25. The van der Waals surface area contributed by atoms with Gasteiger partial charge in [0.15, 0.2) is 0 Å². The minimum Gasteiger partial charge on any atom is -0.391 e. The summed E-state index contributed by atoms with van der Waals surface area (Å²) < 4.78 is 0.227. The van der Waals surface area contributed by atoms with Crippen molar-refractivity contribution in [2.24, 2.45) is 0 Å². The van der Waals surface area contributed by atoms with E-state index in [0.717, 1.165) is 29.2 Å². The summed E-state index contributed by atoms with van der Waals surface area (Å²) in [7, 11) is 0. The van der Waals surface area contributed by atoms with Crippen LogP contribution in [0.2, 0.25) is 10.0 Å². The third-order valence-corrected chi connectivity index (χ3v) is 7.51. The largest absolute Gasteiger partial charge is 0.391 e. The number of nitrogens with zero attached hydrogens (tertiary/aromatic N) is 3. The Balaban J connectivity index is 1.71. The Morgan fingerprint density at radius 2 is 2.10 bits per heavy atom. The molecule has 13 heteroatoms. The van der Waals surface area contributed by atoms with Crippen molar-refractivity contribution in [3.63, 3.8) is 0 Å². The van der Waals surface area contributed by atoms with Crippen LogP contribution in [0, 0.1) is 10.1 Å². The Labute approximate surface area is 189 Å². The second-order valence-corrected chi connectivity index (χ2v) is 9.54. The number of aromatic nitrogens is 1. The number of amides is 2. The van der Waals surface area contributed by atoms with Gasteiger partial charge in [0.1, 0.15) is 9.09 Å². The molecule has 0 spiro atoms. The average Bonchev–Trinajstić information content (AvgIpc) is 3.13. The van der Waals surface area contributed by atoms with Crippen molar-refractivity contribution in [1.29, 1.82) is 0 Å². The summed E-state index contributed by atoms with van der Waals surface area (Å²) in [6.07, 6.45) is 3.50. The van der Waals surface area contributed by atoms with Crippen molar-refractivity contribution in [3.05, 3.63) is 43.5 Å². The van der Waals surface area contributed by atoms with Crippen molar-refractivity contribution < 1.29 is 19.6 Å². The molecule has 2 N–H and O–H groups in total. The molecule has 2 aromatic rings. The van der Waals surface area contributed by atoms with E-state index in [4.69, 9.17) is 23.2 Å². The zero-order chi connectivity index (χ0) is 21.8. The summed E-state index contributed by atoms with van der Waals surface area (Å²) in [6.45, 7) is 0.486. The number of nitrogens with one attached hydrogen (secondary N) is 1. The minimum atomic E-state index is -0.604. The highest BCUT2D eigenvalue weighted by Crippen LogP contribution is 2.45. The molecule has 1 saturated heterocycles. The maximum Gasteiger partial charge on any atom is 0.294 e. The number of hydrogen-bond donors (Lipinski definition) is 2. The van der Waals surface area contributed by atoms with E-state index in [1.165, 1.54) is 17.3 Å². The molecule has 2 aromatic heterocycles. The fraction of sp³-hybridized carbons (Fsp3) is 0.353. The van der Waals surface area contributed by atoms with Gasteiger partial charge in [-0.2, -0.15) is 0 Å². The fourth-order valence-corrected chi connectivity index (χ4v) is 5.58. The van der Waals surface area contributed by atoms with Crippen LogP contribution in [0.4, 0.5) is 5.69 Å². The molecule has 0 aliphatic carbocycles. The monoisotopic (exact) mass is 490 g/mol. The lowest BCUT2D eigenvalue weighted by Crippen LogP contribution is -2.46. The van der Waals surface area contributed by atoms with E-state index < -0.39 is 16.9 Å². The number of pyridine rings is 1. The van der Waals surface area contributed by atoms with Crippen LogP contribution in [0.1, 0.15) is 22.5 Å². The molecule has 1 aliphatic rings. The van der Waals surface area contributed by atoms with Crippen LogP contribution in [0.15, 0.2) is 27.6 Å². The average molecular weight is 491 g/mol. The summed E-state index contributed by atoms with van der Waals surface area (Å²) in [6, 6.07) is 1.15. The van der Waals surface area contributed by atoms with E-state index in [9.17, 15) is 24.8 Å². The molecule has 160 valence electrons. The molecule has 30 heavy (non-hydrogen) atoms. The first kappa shape index (κ1) is 22.8. The number of carbonyl (C=O) groups is 2. The number of aliphatic hydroxyl groups is 1. The lowest BCUT2D eigenvalue weighted by Gasteiger charge is -2.30. The number of aliphatic hydroxyl groups excluding tert-OH is 1. The van der Waals surface area contributed by atoms with Crippen molar-refractivity contribution in [2.75, 3.05) is 19.6 Å². The van der Waals surface area contributed by atoms with Crippen molar-refractivity contribution >= 4 is 63.8 Å². The number of rotatable bonds is 6. The van der Waals surface area contributed by atoms with Crippen molar-refractivity contribution in [2.45, 2.75) is 28.1 Å². The van der Waals surface area contributed by atoms with Crippen LogP contribution < -0.4 is 5.32 Å². The molecule has 0 saturated carbocycles. The van der Waals surface area contributed by atoms with Gasteiger partial charge in [-0.3, -0.25) is 24.7 Å². The molecule has 3 heterocycles. The van der Waals surface area contributed by atoms with E-state index in [1.54, 1.807) is 0 Å². The SMILES string of the molecule is O=C(NCC(=O)N1CCCC(O)C1)c1cc([N+](=O)[O-])c(Sc2c(Cl)cncc2Cl)s1. The maximum absolute atomic E-state index is 12.5. The highest BCUT2D eigenvalue weighted by molar-refractivity contribution is 8.01. The molecule has 9 nitrogen and oxygen atoms in total. The van der Waals surface area contributed by atoms with Gasteiger partial charge in [-0.05, 0) is 12.8 Å². The molecular formula is C17H16Cl2N4O5S2. The normalized spacial score (nSPS) is 16.4. The quantitative estimate of drug-likeness (QED) is 0.470. The zero-order valence-electron chi connectivity index (χ0n) is 15.3. The standard InChI is InChI=1S/C17H16Cl2N4O5S2/c18-10-5-20-6-11(19)15(10)30-17-12(23(27)28)4-13(29-17)16(26)21-7-14(25)22-3-1-2-9(24)8-22/h4-6,9,24H,1-3,7-8H2,(H,21,26). The van der Waals surface area contributed by atoms with Crippen LogP contribution in [-0.2, 0) is 4.79 Å². The number of carbonyl (C=O) groups excluding carboxylic acids is 2. The van der Waals surface area contributed by atoms with Gasteiger partial charge >= 0.3 is 0 Å². The first-order valence-corrected chi connectivity index (χ1v) is 11.1. The van der Waals surface area contributed by atoms with Crippen molar-refractivity contribution in [1.82, 2.24) is 15.2 Å². The Hall–Kier alpha value is -1.92. The highest BCUT2D eigenvalue weighted by Gasteiger charge is 2.26. The molecule has 1 atom stereocenters. The number of halogens is 2. The first-order chi connectivity index (χ1) is 14.3. The van der Waals surface area contributed by atoms with Gasteiger partial charge in [0.2, 0.25) is 5.91 Å². The molecule has 1 unspecified atom stereocenters. The van der Waals surface area contributed by atoms with E-state index in [0.29, 0.717) is 24.3 Å². The zero-order valence-corrected chi connectivity index (χ0v) is 18.5. The lowest BCUT2D eigenvalue weighted by atomic mass is 10.1. The summed E-state index contributed by atoms with van der Waals surface area (Å²) in [5.41, 5.74) is -0.260. The van der Waals surface area contributed by atoms with Crippen LogP contribution in [0.25, 0.3) is 0 Å². The molecular weight excluding hydrogens is 475 g/mol. The van der Waals surface area contributed by atoms with Gasteiger partial charge < -0.3 is 15.3 Å². The lowest BCUT2D eigenvalue weighted by molar-refractivity contribution is -0.387. The number of β-amino-alcohol motifs (C(OH)–C–C–N with tert-alkyl or cyclic N) is 1. The summed E-state index contributed by atoms with van der Waals surface area (Å²) in [5.74, 6) is -0.925. The predicted octanol–water partition coefficient (Wildman–Crippen LogP) is 3.22. The van der Waals surface area contributed by atoms with Crippen LogP contribution in [-0.4, -0.2) is 57.5 Å². The number of thiophene rings is 1. The molecule has 0 radical (unpaired) electrons. The molecule has 1 aliphatic heterocycles.